The van der Waals surface area contributed by atoms with Gasteiger partial charge in [0.15, 0.2) is 0 Å². The Balaban J connectivity index is 1.96. The Hall–Kier alpha value is -2.21. The number of nitrogens with two attached hydrogens (primary N) is 1. The Kier molecular flexibility index (Phi) is 5.05. The van der Waals surface area contributed by atoms with Gasteiger partial charge in [0, 0.05) is 25.3 Å². The van der Waals surface area contributed by atoms with Crippen LogP contribution in [0, 0.1) is 0 Å². The zero-order valence-electron chi connectivity index (χ0n) is 11.9. The minimum atomic E-state index is -0.522. The lowest BCUT2D eigenvalue weighted by Crippen LogP contribution is -2.46. The molecule has 0 spiro atoms. The monoisotopic (exact) mass is 288 g/mol. The minimum Gasteiger partial charge on any atom is -0.364 e. The molecule has 1 aromatic rings. The van der Waals surface area contributed by atoms with E-state index >= 15 is 0 Å². The molecular weight excluding hydrogens is 268 g/mol. The number of rotatable bonds is 5. The largest absolute Gasteiger partial charge is 0.364 e. The van der Waals surface area contributed by atoms with Crippen molar-refractivity contribution in [3.05, 3.63) is 42.2 Å². The molecule has 2 heterocycles. The molecule has 2 rings (SSSR count). The zero-order chi connectivity index (χ0) is 15.2. The summed E-state index contributed by atoms with van der Waals surface area (Å²) in [6.45, 7) is 5.93. The first-order chi connectivity index (χ1) is 10.1. The van der Waals surface area contributed by atoms with Gasteiger partial charge in [0.25, 0.3) is 5.91 Å². The maximum Gasteiger partial charge on any atom is 0.267 e. The van der Waals surface area contributed by atoms with Gasteiger partial charge in [0.05, 0.1) is 0 Å². The van der Waals surface area contributed by atoms with Crippen LogP contribution < -0.4 is 11.1 Å². The van der Waals surface area contributed by atoms with Crippen molar-refractivity contribution in [3.8, 4) is 0 Å². The number of amides is 2. The smallest absolute Gasteiger partial charge is 0.267 e. The summed E-state index contributed by atoms with van der Waals surface area (Å²) in [6.07, 6.45) is 4.88. The van der Waals surface area contributed by atoms with Crippen LogP contribution >= 0.6 is 0 Å². The van der Waals surface area contributed by atoms with Crippen molar-refractivity contribution >= 4 is 11.8 Å². The molecule has 1 atom stereocenters. The van der Waals surface area contributed by atoms with Crippen molar-refractivity contribution in [2.24, 2.45) is 5.73 Å². The highest BCUT2D eigenvalue weighted by Gasteiger charge is 2.20. The first kappa shape index (κ1) is 15.2. The quantitative estimate of drug-likeness (QED) is 0.770. The fourth-order valence-electron chi connectivity index (χ4n) is 2.54. The standard InChI is InChI=1S/C15H20N4O2/c1-2-14(20)18-12-4-3-7-19(10-12)9-11-5-6-17-13(8-11)15(16)21/h2,5-6,8,12H,1,3-4,7,9-10H2,(H2,16,21)(H,18,20). The second-order valence-electron chi connectivity index (χ2n) is 5.20. The van der Waals surface area contributed by atoms with Crippen LogP contribution in [0.3, 0.4) is 0 Å². The van der Waals surface area contributed by atoms with Gasteiger partial charge in [-0.3, -0.25) is 19.5 Å². The SMILES string of the molecule is C=CC(=O)NC1CCCN(Cc2ccnc(C(N)=O)c2)C1. The predicted molar refractivity (Wildman–Crippen MR) is 79.4 cm³/mol. The van der Waals surface area contributed by atoms with E-state index in [9.17, 15) is 9.59 Å². The molecule has 0 bridgehead atoms. The van der Waals surface area contributed by atoms with Crippen molar-refractivity contribution in [2.75, 3.05) is 13.1 Å². The topological polar surface area (TPSA) is 88.3 Å². The van der Waals surface area contributed by atoms with E-state index in [-0.39, 0.29) is 17.6 Å². The summed E-state index contributed by atoms with van der Waals surface area (Å²) in [5.41, 5.74) is 6.51. The van der Waals surface area contributed by atoms with Crippen LogP contribution in [0.15, 0.2) is 31.0 Å². The Bertz CT molecular complexity index is 544. The lowest BCUT2D eigenvalue weighted by Gasteiger charge is -2.33. The summed E-state index contributed by atoms with van der Waals surface area (Å²) in [4.78, 5) is 28.7. The maximum absolute atomic E-state index is 11.4. The van der Waals surface area contributed by atoms with Crippen LogP contribution in [0.1, 0.15) is 28.9 Å². The van der Waals surface area contributed by atoms with E-state index in [0.29, 0.717) is 6.54 Å². The summed E-state index contributed by atoms with van der Waals surface area (Å²) in [5.74, 6) is -0.659. The average Bonchev–Trinajstić information content (AvgIpc) is 2.47. The summed E-state index contributed by atoms with van der Waals surface area (Å²) in [7, 11) is 0. The second-order valence-corrected chi connectivity index (χ2v) is 5.20. The van der Waals surface area contributed by atoms with Gasteiger partial charge in [0.2, 0.25) is 5.91 Å². The number of hydrogen-bond donors (Lipinski definition) is 2. The molecule has 112 valence electrons. The normalized spacial score (nSPS) is 19.0. The Labute approximate surface area is 124 Å². The summed E-state index contributed by atoms with van der Waals surface area (Å²) in [6, 6.07) is 3.73. The minimum absolute atomic E-state index is 0.137. The van der Waals surface area contributed by atoms with Crippen molar-refractivity contribution < 1.29 is 9.59 Å². The van der Waals surface area contributed by atoms with Crippen LogP contribution in [-0.4, -0.2) is 40.8 Å². The number of aromatic nitrogens is 1. The number of carbonyl (C=O) groups excluding carboxylic acids is 2. The van der Waals surface area contributed by atoms with Crippen LogP contribution in [-0.2, 0) is 11.3 Å². The molecule has 6 nitrogen and oxygen atoms in total. The zero-order valence-corrected chi connectivity index (χ0v) is 11.9. The molecular formula is C15H20N4O2. The lowest BCUT2D eigenvalue weighted by atomic mass is 10.0. The second kappa shape index (κ2) is 6.99. The maximum atomic E-state index is 11.4. The van der Waals surface area contributed by atoms with Crippen molar-refractivity contribution in [3.63, 3.8) is 0 Å². The van der Waals surface area contributed by atoms with Crippen LogP contribution in [0.5, 0.6) is 0 Å². The molecule has 1 aliphatic heterocycles. The molecule has 0 aromatic carbocycles. The number of nitrogens with zero attached hydrogens (tertiary/aromatic N) is 2. The molecule has 6 heteroatoms. The Morgan fingerprint density at radius 1 is 1.57 bits per heavy atom. The summed E-state index contributed by atoms with van der Waals surface area (Å²) >= 11 is 0. The number of pyridine rings is 1. The van der Waals surface area contributed by atoms with Gasteiger partial charge < -0.3 is 11.1 Å². The highest BCUT2D eigenvalue weighted by atomic mass is 16.1. The number of carbonyl (C=O) groups is 2. The Morgan fingerprint density at radius 3 is 3.10 bits per heavy atom. The van der Waals surface area contributed by atoms with Gasteiger partial charge in [-0.25, -0.2) is 0 Å². The van der Waals surface area contributed by atoms with Gasteiger partial charge in [-0.2, -0.15) is 0 Å². The van der Waals surface area contributed by atoms with Crippen molar-refractivity contribution in [2.45, 2.75) is 25.4 Å². The molecule has 21 heavy (non-hydrogen) atoms. The van der Waals surface area contributed by atoms with E-state index < -0.39 is 5.91 Å². The predicted octanol–water partition coefficient (Wildman–Crippen LogP) is 0.447. The van der Waals surface area contributed by atoms with Gasteiger partial charge >= 0.3 is 0 Å². The van der Waals surface area contributed by atoms with E-state index in [4.69, 9.17) is 5.73 Å². The third-order valence-corrected chi connectivity index (χ3v) is 3.52. The van der Waals surface area contributed by atoms with E-state index in [0.717, 1.165) is 31.5 Å². The van der Waals surface area contributed by atoms with Gasteiger partial charge in [-0.15, -0.1) is 0 Å². The molecule has 0 radical (unpaired) electrons. The molecule has 0 aliphatic carbocycles. The van der Waals surface area contributed by atoms with Crippen LogP contribution in [0.25, 0.3) is 0 Å². The highest BCUT2D eigenvalue weighted by molar-refractivity contribution is 5.90. The molecule has 1 aromatic heterocycles. The number of hydrogen-bond acceptors (Lipinski definition) is 4. The number of likely N-dealkylation sites (tertiary alicyclic amines) is 1. The van der Waals surface area contributed by atoms with Crippen LogP contribution in [0.2, 0.25) is 0 Å². The van der Waals surface area contributed by atoms with E-state index in [1.54, 1.807) is 12.3 Å². The van der Waals surface area contributed by atoms with E-state index in [1.807, 2.05) is 6.07 Å². The van der Waals surface area contributed by atoms with Gasteiger partial charge in [0.1, 0.15) is 5.69 Å². The first-order valence-corrected chi connectivity index (χ1v) is 6.98. The van der Waals surface area contributed by atoms with E-state index in [1.165, 1.54) is 6.08 Å². The third kappa shape index (κ3) is 4.39. The number of primary amides is 1. The highest BCUT2D eigenvalue weighted by Crippen LogP contribution is 2.14. The lowest BCUT2D eigenvalue weighted by molar-refractivity contribution is -0.117. The molecule has 2 amide bonds. The molecule has 1 aliphatic rings. The van der Waals surface area contributed by atoms with E-state index in [2.05, 4.69) is 21.8 Å². The molecule has 3 N–H and O–H groups in total. The van der Waals surface area contributed by atoms with Gasteiger partial charge in [-0.1, -0.05) is 6.58 Å². The number of piperidine rings is 1. The summed E-state index contributed by atoms with van der Waals surface area (Å²) in [5, 5.41) is 2.93. The third-order valence-electron chi connectivity index (χ3n) is 3.52. The first-order valence-electron chi connectivity index (χ1n) is 6.98. The molecule has 1 fully saturated rings. The fraction of sp³-hybridized carbons (Fsp3) is 0.400. The van der Waals surface area contributed by atoms with Crippen LogP contribution in [0.4, 0.5) is 0 Å². The molecule has 1 saturated heterocycles. The van der Waals surface area contributed by atoms with Crippen molar-refractivity contribution in [1.82, 2.24) is 15.2 Å². The average molecular weight is 288 g/mol. The Morgan fingerprint density at radius 2 is 2.38 bits per heavy atom. The summed E-state index contributed by atoms with van der Waals surface area (Å²) < 4.78 is 0. The number of nitrogens with one attached hydrogen (secondary N) is 1. The van der Waals surface area contributed by atoms with Gasteiger partial charge in [-0.05, 0) is 43.2 Å². The molecule has 0 saturated carbocycles. The van der Waals surface area contributed by atoms with Crippen molar-refractivity contribution in [1.29, 1.82) is 0 Å². The molecule has 1 unspecified atom stereocenters. The fourth-order valence-corrected chi connectivity index (χ4v) is 2.54.